The molecular weight excluding hydrogens is 590 g/mol. The minimum absolute atomic E-state index is 0.510. The fourth-order valence-electron chi connectivity index (χ4n) is 7.09. The van der Waals surface area contributed by atoms with Crippen LogP contribution >= 0.6 is 0 Å². The summed E-state index contributed by atoms with van der Waals surface area (Å²) >= 11 is 0. The fourth-order valence-corrected chi connectivity index (χ4v) is 7.09. The highest BCUT2D eigenvalue weighted by Gasteiger charge is 2.27. The minimum atomic E-state index is -0.510. The van der Waals surface area contributed by atoms with Crippen LogP contribution in [0.15, 0.2) is 170 Å². The number of rotatable bonds is 4. The molecule has 0 radical (unpaired) electrons. The summed E-state index contributed by atoms with van der Waals surface area (Å²) in [4.78, 5) is 10.6. The molecule has 0 fully saturated rings. The first-order chi connectivity index (χ1) is 23.8. The van der Waals surface area contributed by atoms with Gasteiger partial charge in [0.1, 0.15) is 34.0 Å². The molecule has 0 spiro atoms. The molecule has 0 saturated heterocycles. The Labute approximate surface area is 275 Å². The van der Waals surface area contributed by atoms with Gasteiger partial charge in [-0.05, 0) is 52.7 Å². The van der Waals surface area contributed by atoms with E-state index in [9.17, 15) is 0 Å². The summed E-state index contributed by atoms with van der Waals surface area (Å²) in [5.74, 6) is 1.49. The van der Waals surface area contributed by atoms with Gasteiger partial charge in [-0.15, -0.1) is 0 Å². The number of aliphatic imine (C=N–C) groups is 2. The first-order valence-corrected chi connectivity index (χ1v) is 16.1. The number of nitrogens with one attached hydrogen (secondary N) is 1. The van der Waals surface area contributed by atoms with Crippen molar-refractivity contribution in [3.8, 4) is 11.1 Å². The number of hydrogen-bond donors (Lipinski definition) is 1. The molecule has 1 unspecified atom stereocenters. The summed E-state index contributed by atoms with van der Waals surface area (Å²) in [6.07, 6.45) is -0.510. The Morgan fingerprint density at radius 2 is 1.12 bits per heavy atom. The van der Waals surface area contributed by atoms with Gasteiger partial charge in [0.05, 0.1) is 0 Å². The van der Waals surface area contributed by atoms with Crippen molar-refractivity contribution in [3.63, 3.8) is 0 Å². The average molecular weight is 618 g/mol. The predicted octanol–water partition coefficient (Wildman–Crippen LogP) is 10.8. The average Bonchev–Trinajstić information content (AvgIpc) is 3.72. The maximum absolute atomic E-state index is 6.77. The standard InChI is InChI=1S/C43H27N3O2/c1-3-12-26(13-4-1)30-22-23-33(39-34-24-28-16-7-8-17-29(28)25-37(34)48-40(30)39)43-45-41(27-14-5-2-6-15-27)44-42(46-43)32-19-11-21-36-38(32)31-18-9-10-20-35(31)47-36/h1-25,42H,(H,44,45,46). The largest absolute Gasteiger partial charge is 0.456 e. The van der Waals surface area contributed by atoms with Crippen molar-refractivity contribution >= 4 is 66.3 Å². The lowest BCUT2D eigenvalue weighted by Gasteiger charge is -2.23. The second-order valence-electron chi connectivity index (χ2n) is 12.2. The van der Waals surface area contributed by atoms with Crippen LogP contribution in [0.3, 0.4) is 0 Å². The van der Waals surface area contributed by atoms with E-state index in [0.717, 1.165) is 94.1 Å². The Bertz CT molecular complexity index is 2760. The molecule has 1 aliphatic heterocycles. The predicted molar refractivity (Wildman–Crippen MR) is 196 cm³/mol. The zero-order chi connectivity index (χ0) is 31.6. The molecule has 0 saturated carbocycles. The first kappa shape index (κ1) is 26.7. The molecule has 2 aromatic heterocycles. The van der Waals surface area contributed by atoms with Crippen molar-refractivity contribution in [1.82, 2.24) is 5.32 Å². The topological polar surface area (TPSA) is 63.0 Å². The number of hydrogen-bond acceptors (Lipinski definition) is 5. The smallest absolute Gasteiger partial charge is 0.170 e. The molecule has 0 aliphatic carbocycles. The molecule has 48 heavy (non-hydrogen) atoms. The summed E-state index contributed by atoms with van der Waals surface area (Å²) in [6.45, 7) is 0. The first-order valence-electron chi connectivity index (χ1n) is 16.1. The quantitative estimate of drug-likeness (QED) is 0.214. The lowest BCUT2D eigenvalue weighted by molar-refractivity contribution is 0.667. The minimum Gasteiger partial charge on any atom is -0.456 e. The highest BCUT2D eigenvalue weighted by molar-refractivity contribution is 6.26. The summed E-state index contributed by atoms with van der Waals surface area (Å²) < 4.78 is 13.0. The number of furan rings is 2. The van der Waals surface area contributed by atoms with Crippen LogP contribution in [0.1, 0.15) is 22.9 Å². The number of nitrogens with zero attached hydrogens (tertiary/aromatic N) is 2. The van der Waals surface area contributed by atoms with Crippen LogP contribution in [0.4, 0.5) is 0 Å². The second-order valence-corrected chi connectivity index (χ2v) is 12.2. The Hall–Kier alpha value is -6.46. The summed E-state index contributed by atoms with van der Waals surface area (Å²) in [7, 11) is 0. The summed E-state index contributed by atoms with van der Waals surface area (Å²) in [6, 6.07) is 52.1. The molecule has 7 aromatic carbocycles. The van der Waals surface area contributed by atoms with Gasteiger partial charge in [-0.25, -0.2) is 9.98 Å². The normalized spacial score (nSPS) is 14.9. The maximum Gasteiger partial charge on any atom is 0.170 e. The van der Waals surface area contributed by atoms with Crippen LogP contribution in [0, 0.1) is 0 Å². The van der Waals surface area contributed by atoms with Crippen molar-refractivity contribution in [1.29, 1.82) is 0 Å². The van der Waals surface area contributed by atoms with Crippen LogP contribution in [0.25, 0.3) is 65.8 Å². The number of benzene rings is 7. The zero-order valence-electron chi connectivity index (χ0n) is 25.7. The van der Waals surface area contributed by atoms with E-state index in [1.165, 1.54) is 0 Å². The van der Waals surface area contributed by atoms with E-state index in [4.69, 9.17) is 18.8 Å². The third-order valence-electron chi connectivity index (χ3n) is 9.33. The summed E-state index contributed by atoms with van der Waals surface area (Å²) in [5.41, 5.74) is 8.40. The van der Waals surface area contributed by atoms with E-state index in [1.807, 2.05) is 54.6 Å². The van der Waals surface area contributed by atoms with E-state index in [-0.39, 0.29) is 0 Å². The van der Waals surface area contributed by atoms with Gasteiger partial charge in [-0.2, -0.15) is 0 Å². The molecule has 9 aromatic rings. The molecule has 1 N–H and O–H groups in total. The van der Waals surface area contributed by atoms with Crippen molar-refractivity contribution < 1.29 is 8.83 Å². The molecule has 5 heteroatoms. The second kappa shape index (κ2) is 10.5. The summed E-state index contributed by atoms with van der Waals surface area (Å²) in [5, 5.41) is 10.1. The van der Waals surface area contributed by atoms with Crippen LogP contribution in [-0.4, -0.2) is 11.7 Å². The highest BCUT2D eigenvalue weighted by Crippen LogP contribution is 2.41. The van der Waals surface area contributed by atoms with E-state index in [2.05, 4.69) is 102 Å². The van der Waals surface area contributed by atoms with Gasteiger partial charge < -0.3 is 14.2 Å². The molecule has 226 valence electrons. The van der Waals surface area contributed by atoms with Crippen LogP contribution in [0.5, 0.6) is 0 Å². The SMILES string of the molecule is c1ccc(C2=NC(c3cccc4oc5ccccc5c34)N=C(c3ccc(-c4ccccc4)c4oc5cc6ccccc6cc5c34)N2)cc1. The van der Waals surface area contributed by atoms with Crippen molar-refractivity contribution in [2.45, 2.75) is 6.17 Å². The van der Waals surface area contributed by atoms with Gasteiger partial charge in [0.15, 0.2) is 6.17 Å². The highest BCUT2D eigenvalue weighted by atomic mass is 16.3. The Morgan fingerprint density at radius 3 is 1.96 bits per heavy atom. The van der Waals surface area contributed by atoms with E-state index >= 15 is 0 Å². The van der Waals surface area contributed by atoms with Crippen LogP contribution < -0.4 is 5.32 Å². The molecule has 10 rings (SSSR count). The van der Waals surface area contributed by atoms with Gasteiger partial charge >= 0.3 is 0 Å². The zero-order valence-corrected chi connectivity index (χ0v) is 25.7. The lowest BCUT2D eigenvalue weighted by atomic mass is 9.96. The third kappa shape index (κ3) is 4.18. The number of fused-ring (bicyclic) bond motifs is 7. The van der Waals surface area contributed by atoms with E-state index in [0.29, 0.717) is 0 Å². The van der Waals surface area contributed by atoms with E-state index in [1.54, 1.807) is 0 Å². The molecule has 1 aliphatic rings. The Kier molecular flexibility index (Phi) is 5.87. The van der Waals surface area contributed by atoms with Crippen LogP contribution in [-0.2, 0) is 0 Å². The molecule has 0 amide bonds. The van der Waals surface area contributed by atoms with Gasteiger partial charge in [-0.1, -0.05) is 115 Å². The molecule has 5 nitrogen and oxygen atoms in total. The number of amidine groups is 2. The Morgan fingerprint density at radius 1 is 0.458 bits per heavy atom. The van der Waals surface area contributed by atoms with Gasteiger partial charge in [0.2, 0.25) is 0 Å². The van der Waals surface area contributed by atoms with Crippen molar-refractivity contribution in [2.75, 3.05) is 0 Å². The fraction of sp³-hybridized carbons (Fsp3) is 0.0233. The third-order valence-corrected chi connectivity index (χ3v) is 9.33. The van der Waals surface area contributed by atoms with Crippen molar-refractivity contribution in [3.05, 3.63) is 168 Å². The monoisotopic (exact) mass is 617 g/mol. The van der Waals surface area contributed by atoms with E-state index < -0.39 is 6.17 Å². The van der Waals surface area contributed by atoms with Gasteiger partial charge in [-0.3, -0.25) is 0 Å². The molecular formula is C43H27N3O2. The molecule has 3 heterocycles. The van der Waals surface area contributed by atoms with Crippen molar-refractivity contribution in [2.24, 2.45) is 9.98 Å². The maximum atomic E-state index is 6.77. The van der Waals surface area contributed by atoms with Gasteiger partial charge in [0.25, 0.3) is 0 Å². The number of para-hydroxylation sites is 1. The van der Waals surface area contributed by atoms with Crippen LogP contribution in [0.2, 0.25) is 0 Å². The Balaban J connectivity index is 1.25. The molecule has 0 bridgehead atoms. The molecule has 1 atom stereocenters. The lowest BCUT2D eigenvalue weighted by Crippen LogP contribution is -2.36. The van der Waals surface area contributed by atoms with Gasteiger partial charge in [0, 0.05) is 43.8 Å².